The quantitative estimate of drug-likeness (QED) is 0.614. The first kappa shape index (κ1) is 18.2. The third kappa shape index (κ3) is 4.71. The number of hydrogen-bond donors (Lipinski definition) is 2. The van der Waals surface area contributed by atoms with Crippen LogP contribution in [-0.2, 0) is 6.54 Å². The van der Waals surface area contributed by atoms with Gasteiger partial charge in [-0.2, -0.15) is 0 Å². The monoisotopic (exact) mass is 389 g/mol. The van der Waals surface area contributed by atoms with E-state index in [4.69, 9.17) is 23.2 Å². The molecular weight excluding hydrogens is 376 g/mol. The van der Waals surface area contributed by atoms with Crippen LogP contribution in [0.1, 0.15) is 15.9 Å². The van der Waals surface area contributed by atoms with E-state index in [1.165, 1.54) is 18.3 Å². The zero-order valence-corrected chi connectivity index (χ0v) is 15.0. The first-order valence-electron chi connectivity index (χ1n) is 7.72. The third-order valence-corrected chi connectivity index (χ3v) is 4.15. The number of nitrogens with one attached hydrogen (secondary N) is 2. The summed E-state index contributed by atoms with van der Waals surface area (Å²) in [6.07, 6.45) is 1.53. The summed E-state index contributed by atoms with van der Waals surface area (Å²) in [5.74, 6) is -0.0919. The van der Waals surface area contributed by atoms with Crippen molar-refractivity contribution in [1.29, 1.82) is 0 Å². The van der Waals surface area contributed by atoms with Gasteiger partial charge < -0.3 is 10.6 Å². The van der Waals surface area contributed by atoms with Crippen LogP contribution in [0.5, 0.6) is 0 Å². The Kier molecular flexibility index (Phi) is 5.71. The summed E-state index contributed by atoms with van der Waals surface area (Å²) >= 11 is 12.0. The average Bonchev–Trinajstić information content (AvgIpc) is 2.64. The summed E-state index contributed by atoms with van der Waals surface area (Å²) < 4.78 is 12.9. The molecule has 0 aliphatic carbocycles. The van der Waals surface area contributed by atoms with Gasteiger partial charge in [0.1, 0.15) is 11.6 Å². The fourth-order valence-electron chi connectivity index (χ4n) is 2.25. The summed E-state index contributed by atoms with van der Waals surface area (Å²) in [4.78, 5) is 16.6. The molecule has 0 unspecified atom stereocenters. The molecule has 0 aliphatic heterocycles. The lowest BCUT2D eigenvalue weighted by atomic mass is 10.2. The molecule has 3 aromatic rings. The molecule has 0 radical (unpaired) electrons. The number of halogens is 3. The number of nitrogens with zero attached hydrogens (tertiary/aromatic N) is 1. The van der Waals surface area contributed by atoms with E-state index in [1.54, 1.807) is 42.5 Å². The predicted molar refractivity (Wildman–Crippen MR) is 102 cm³/mol. The van der Waals surface area contributed by atoms with E-state index in [-0.39, 0.29) is 11.7 Å². The van der Waals surface area contributed by atoms with E-state index in [2.05, 4.69) is 15.6 Å². The minimum atomic E-state index is -0.332. The smallest absolute Gasteiger partial charge is 0.255 e. The van der Waals surface area contributed by atoms with Gasteiger partial charge in [0.2, 0.25) is 0 Å². The molecule has 2 aromatic carbocycles. The molecule has 0 spiro atoms. The number of anilines is 2. The van der Waals surface area contributed by atoms with Crippen LogP contribution < -0.4 is 10.6 Å². The second kappa shape index (κ2) is 8.17. The Morgan fingerprint density at radius 3 is 2.58 bits per heavy atom. The van der Waals surface area contributed by atoms with Crippen molar-refractivity contribution in [1.82, 2.24) is 4.98 Å². The van der Waals surface area contributed by atoms with Gasteiger partial charge >= 0.3 is 0 Å². The molecule has 1 heterocycles. The van der Waals surface area contributed by atoms with E-state index in [9.17, 15) is 9.18 Å². The molecule has 0 bridgehead atoms. The lowest BCUT2D eigenvalue weighted by Crippen LogP contribution is -2.13. The maximum absolute atomic E-state index is 12.9. The van der Waals surface area contributed by atoms with Gasteiger partial charge in [0.15, 0.2) is 0 Å². The Labute approximate surface area is 160 Å². The summed E-state index contributed by atoms with van der Waals surface area (Å²) in [5, 5.41) is 6.69. The lowest BCUT2D eigenvalue weighted by molar-refractivity contribution is 0.102. The zero-order chi connectivity index (χ0) is 18.5. The van der Waals surface area contributed by atoms with Gasteiger partial charge in [-0.1, -0.05) is 35.3 Å². The number of rotatable bonds is 5. The molecule has 7 heteroatoms. The van der Waals surface area contributed by atoms with Crippen molar-refractivity contribution in [2.24, 2.45) is 0 Å². The Balaban J connectivity index is 1.69. The molecule has 0 aliphatic rings. The lowest BCUT2D eigenvalue weighted by Gasteiger charge is -2.10. The van der Waals surface area contributed by atoms with Crippen LogP contribution in [0.25, 0.3) is 0 Å². The van der Waals surface area contributed by atoms with Crippen molar-refractivity contribution in [3.63, 3.8) is 0 Å². The first-order chi connectivity index (χ1) is 12.5. The van der Waals surface area contributed by atoms with Crippen molar-refractivity contribution in [3.05, 3.63) is 87.8 Å². The standard InChI is InChI=1S/C19H14Cl2FN3O/c20-14-3-6-16(21)17(10-14)25-19(26)13-7-8-23-18(9-13)24-11-12-1-4-15(22)5-2-12/h1-10H,11H2,(H,23,24)(H,25,26). The second-order valence-corrected chi connectivity index (χ2v) is 6.33. The van der Waals surface area contributed by atoms with E-state index >= 15 is 0 Å². The van der Waals surface area contributed by atoms with Gasteiger partial charge in [-0.3, -0.25) is 4.79 Å². The number of hydrogen-bond acceptors (Lipinski definition) is 3. The number of pyridine rings is 1. The maximum Gasteiger partial charge on any atom is 0.255 e. The van der Waals surface area contributed by atoms with Crippen LogP contribution in [0.4, 0.5) is 15.9 Å². The topological polar surface area (TPSA) is 54.0 Å². The molecule has 1 amide bonds. The molecule has 132 valence electrons. The van der Waals surface area contributed by atoms with Gasteiger partial charge in [0, 0.05) is 23.3 Å². The van der Waals surface area contributed by atoms with Crippen LogP contribution in [0, 0.1) is 5.82 Å². The minimum absolute atomic E-state index is 0.287. The van der Waals surface area contributed by atoms with E-state index < -0.39 is 0 Å². The normalized spacial score (nSPS) is 10.4. The SMILES string of the molecule is O=C(Nc1cc(Cl)ccc1Cl)c1ccnc(NCc2ccc(F)cc2)c1. The Bertz CT molecular complexity index is 932. The van der Waals surface area contributed by atoms with Crippen molar-refractivity contribution in [2.75, 3.05) is 10.6 Å². The summed E-state index contributed by atoms with van der Waals surface area (Å²) in [7, 11) is 0. The number of benzene rings is 2. The average molecular weight is 390 g/mol. The summed E-state index contributed by atoms with van der Waals surface area (Å²) in [6, 6.07) is 14.2. The Hall–Kier alpha value is -2.63. The van der Waals surface area contributed by atoms with Gasteiger partial charge in [-0.25, -0.2) is 9.37 Å². The number of amides is 1. The van der Waals surface area contributed by atoms with Crippen LogP contribution in [0.2, 0.25) is 10.0 Å². The molecule has 0 fully saturated rings. The number of carbonyl (C=O) groups is 1. The third-order valence-electron chi connectivity index (χ3n) is 3.59. The fraction of sp³-hybridized carbons (Fsp3) is 0.0526. The van der Waals surface area contributed by atoms with E-state index in [0.717, 1.165) is 5.56 Å². The number of aromatic nitrogens is 1. The largest absolute Gasteiger partial charge is 0.366 e. The van der Waals surface area contributed by atoms with Crippen molar-refractivity contribution in [3.8, 4) is 0 Å². The molecule has 4 nitrogen and oxygen atoms in total. The van der Waals surface area contributed by atoms with E-state index in [0.29, 0.717) is 33.7 Å². The van der Waals surface area contributed by atoms with Gasteiger partial charge in [0.25, 0.3) is 5.91 Å². The van der Waals surface area contributed by atoms with Gasteiger partial charge in [-0.15, -0.1) is 0 Å². The second-order valence-electron chi connectivity index (χ2n) is 5.49. The van der Waals surface area contributed by atoms with Gasteiger partial charge in [-0.05, 0) is 48.0 Å². The molecule has 0 atom stereocenters. The van der Waals surface area contributed by atoms with Crippen LogP contribution in [0.3, 0.4) is 0 Å². The first-order valence-corrected chi connectivity index (χ1v) is 8.47. The van der Waals surface area contributed by atoms with Crippen molar-refractivity contribution in [2.45, 2.75) is 6.54 Å². The van der Waals surface area contributed by atoms with E-state index in [1.807, 2.05) is 0 Å². The molecular formula is C19H14Cl2FN3O. The summed E-state index contributed by atoms with van der Waals surface area (Å²) in [6.45, 7) is 0.457. The molecule has 2 N–H and O–H groups in total. The fourth-order valence-corrected chi connectivity index (χ4v) is 2.59. The van der Waals surface area contributed by atoms with Crippen LogP contribution in [-0.4, -0.2) is 10.9 Å². The highest BCUT2D eigenvalue weighted by Crippen LogP contribution is 2.26. The Morgan fingerprint density at radius 1 is 1.04 bits per heavy atom. The predicted octanol–water partition coefficient (Wildman–Crippen LogP) is 5.39. The zero-order valence-electron chi connectivity index (χ0n) is 13.5. The highest BCUT2D eigenvalue weighted by Gasteiger charge is 2.10. The molecule has 26 heavy (non-hydrogen) atoms. The van der Waals surface area contributed by atoms with Crippen molar-refractivity contribution >= 4 is 40.6 Å². The maximum atomic E-state index is 12.9. The number of carbonyl (C=O) groups excluding carboxylic acids is 1. The van der Waals surface area contributed by atoms with Crippen molar-refractivity contribution < 1.29 is 9.18 Å². The van der Waals surface area contributed by atoms with Crippen LogP contribution >= 0.6 is 23.2 Å². The molecule has 0 saturated carbocycles. The van der Waals surface area contributed by atoms with Gasteiger partial charge in [0.05, 0.1) is 10.7 Å². The molecule has 1 aromatic heterocycles. The molecule has 3 rings (SSSR count). The highest BCUT2D eigenvalue weighted by atomic mass is 35.5. The van der Waals surface area contributed by atoms with Crippen LogP contribution in [0.15, 0.2) is 60.8 Å². The minimum Gasteiger partial charge on any atom is -0.366 e. The summed E-state index contributed by atoms with van der Waals surface area (Å²) in [5.41, 5.74) is 1.74. The molecule has 0 saturated heterocycles. The Morgan fingerprint density at radius 2 is 1.81 bits per heavy atom. The highest BCUT2D eigenvalue weighted by molar-refractivity contribution is 6.35.